The summed E-state index contributed by atoms with van der Waals surface area (Å²) >= 11 is 0. The molecule has 0 aliphatic rings. The third-order valence-electron chi connectivity index (χ3n) is 2.58. The van der Waals surface area contributed by atoms with Gasteiger partial charge in [-0.1, -0.05) is 6.08 Å². The van der Waals surface area contributed by atoms with Crippen molar-refractivity contribution in [2.24, 2.45) is 0 Å². The number of aromatic amines is 1. The Morgan fingerprint density at radius 1 is 1.57 bits per heavy atom. The van der Waals surface area contributed by atoms with Gasteiger partial charge in [-0.25, -0.2) is 13.2 Å². The summed E-state index contributed by atoms with van der Waals surface area (Å²) in [4.78, 5) is 11.8. The molecule has 0 spiro atoms. The molecular formula is C12H19N3O5S. The Morgan fingerprint density at radius 3 is 2.86 bits per heavy atom. The fourth-order valence-electron chi connectivity index (χ4n) is 1.60. The maximum Gasteiger partial charge on any atom is 0.342 e. The number of hydrogen-bond donors (Lipinski definition) is 1. The van der Waals surface area contributed by atoms with E-state index in [1.807, 2.05) is 0 Å². The van der Waals surface area contributed by atoms with E-state index in [0.717, 1.165) is 10.5 Å². The maximum absolute atomic E-state index is 12.6. The highest BCUT2D eigenvalue weighted by Crippen LogP contribution is 2.18. The van der Waals surface area contributed by atoms with Crippen LogP contribution in [0.5, 0.6) is 0 Å². The molecule has 0 aromatic carbocycles. The average Bonchev–Trinajstić information content (AvgIpc) is 2.93. The van der Waals surface area contributed by atoms with Crippen LogP contribution in [0.15, 0.2) is 23.9 Å². The van der Waals surface area contributed by atoms with Crippen LogP contribution in [0.2, 0.25) is 0 Å². The van der Waals surface area contributed by atoms with E-state index in [0.29, 0.717) is 0 Å². The fraction of sp³-hybridized carbons (Fsp3) is 0.500. The van der Waals surface area contributed by atoms with Crippen LogP contribution in [0, 0.1) is 0 Å². The minimum absolute atomic E-state index is 0.0903. The third kappa shape index (κ3) is 4.13. The van der Waals surface area contributed by atoms with Gasteiger partial charge in [-0.15, -0.1) is 6.58 Å². The van der Waals surface area contributed by atoms with E-state index in [1.165, 1.54) is 13.2 Å². The Hall–Kier alpha value is -1.71. The summed E-state index contributed by atoms with van der Waals surface area (Å²) in [6, 6.07) is 0. The molecule has 0 unspecified atom stereocenters. The molecule has 0 fully saturated rings. The van der Waals surface area contributed by atoms with Crippen LogP contribution in [-0.2, 0) is 19.5 Å². The molecule has 0 bridgehead atoms. The van der Waals surface area contributed by atoms with Crippen molar-refractivity contribution in [2.45, 2.75) is 11.9 Å². The summed E-state index contributed by atoms with van der Waals surface area (Å²) in [5.74, 6) is -0.741. The molecule has 8 nitrogen and oxygen atoms in total. The molecule has 1 heterocycles. The second-order valence-electron chi connectivity index (χ2n) is 3.98. The van der Waals surface area contributed by atoms with E-state index in [9.17, 15) is 13.2 Å². The van der Waals surface area contributed by atoms with E-state index in [1.54, 1.807) is 6.92 Å². The van der Waals surface area contributed by atoms with Gasteiger partial charge in [0.1, 0.15) is 5.56 Å². The first-order valence-electron chi connectivity index (χ1n) is 6.29. The van der Waals surface area contributed by atoms with Crippen LogP contribution in [0.4, 0.5) is 0 Å². The molecule has 0 saturated heterocycles. The number of esters is 1. The molecule has 0 aliphatic carbocycles. The first-order valence-corrected chi connectivity index (χ1v) is 7.73. The largest absolute Gasteiger partial charge is 0.462 e. The number of carbonyl (C=O) groups excluding carboxylic acids is 1. The smallest absolute Gasteiger partial charge is 0.342 e. The van der Waals surface area contributed by atoms with E-state index >= 15 is 0 Å². The minimum atomic E-state index is -3.92. The average molecular weight is 317 g/mol. The number of aromatic nitrogens is 2. The van der Waals surface area contributed by atoms with Gasteiger partial charge in [-0.3, -0.25) is 5.10 Å². The van der Waals surface area contributed by atoms with Gasteiger partial charge < -0.3 is 9.47 Å². The Bertz CT molecular complexity index is 581. The van der Waals surface area contributed by atoms with Crippen molar-refractivity contribution in [3.8, 4) is 0 Å². The molecule has 9 heteroatoms. The van der Waals surface area contributed by atoms with Crippen molar-refractivity contribution in [3.63, 3.8) is 0 Å². The Labute approximate surface area is 123 Å². The van der Waals surface area contributed by atoms with Gasteiger partial charge in [0.25, 0.3) is 10.0 Å². The van der Waals surface area contributed by atoms with E-state index in [2.05, 4.69) is 16.8 Å². The lowest BCUT2D eigenvalue weighted by molar-refractivity contribution is 0.0521. The van der Waals surface area contributed by atoms with Crippen LogP contribution in [0.25, 0.3) is 0 Å². The molecular weight excluding hydrogens is 298 g/mol. The number of ether oxygens (including phenoxy) is 2. The lowest BCUT2D eigenvalue weighted by atomic mass is 10.4. The maximum atomic E-state index is 12.6. The topological polar surface area (TPSA) is 102 Å². The van der Waals surface area contributed by atoms with Crippen molar-refractivity contribution >= 4 is 16.0 Å². The van der Waals surface area contributed by atoms with Crippen molar-refractivity contribution in [1.29, 1.82) is 0 Å². The van der Waals surface area contributed by atoms with Gasteiger partial charge in [0, 0.05) is 20.2 Å². The molecule has 0 atom stereocenters. The van der Waals surface area contributed by atoms with Gasteiger partial charge >= 0.3 is 5.97 Å². The standard InChI is InChI=1S/C12H19N3O5S/c1-4-6-15(7-8-19-3)21(17,18)11-10(9-13-14-11)12(16)20-5-2/h4,9H,1,5-8H2,2-3H3,(H,13,14). The van der Waals surface area contributed by atoms with Crippen LogP contribution in [0.3, 0.4) is 0 Å². The summed E-state index contributed by atoms with van der Waals surface area (Å²) in [7, 11) is -2.45. The highest BCUT2D eigenvalue weighted by Gasteiger charge is 2.30. The number of sulfonamides is 1. The lowest BCUT2D eigenvalue weighted by Crippen LogP contribution is -2.35. The van der Waals surface area contributed by atoms with Crippen LogP contribution in [-0.4, -0.2) is 62.3 Å². The second-order valence-corrected chi connectivity index (χ2v) is 5.85. The number of hydrogen-bond acceptors (Lipinski definition) is 6. The Balaban J connectivity index is 3.13. The SMILES string of the molecule is C=CCN(CCOC)S(=O)(=O)c1[nH]ncc1C(=O)OCC. The summed E-state index contributed by atoms with van der Waals surface area (Å²) < 4.78 is 36.0. The summed E-state index contributed by atoms with van der Waals surface area (Å²) in [6.07, 6.45) is 2.58. The molecule has 1 N–H and O–H groups in total. The van der Waals surface area contributed by atoms with Crippen molar-refractivity contribution in [2.75, 3.05) is 33.4 Å². The zero-order chi connectivity index (χ0) is 15.9. The zero-order valence-electron chi connectivity index (χ0n) is 12.0. The normalized spacial score (nSPS) is 11.6. The number of carbonyl (C=O) groups is 1. The lowest BCUT2D eigenvalue weighted by Gasteiger charge is -2.19. The van der Waals surface area contributed by atoms with Gasteiger partial charge in [0.2, 0.25) is 0 Å². The second kappa shape index (κ2) is 7.91. The first-order chi connectivity index (χ1) is 9.98. The summed E-state index contributed by atoms with van der Waals surface area (Å²) in [6.45, 7) is 5.74. The molecule has 0 amide bonds. The molecule has 118 valence electrons. The number of H-pyrrole nitrogens is 1. The summed E-state index contributed by atoms with van der Waals surface area (Å²) in [5.41, 5.74) is -0.122. The molecule has 0 radical (unpaired) electrons. The van der Waals surface area contributed by atoms with Crippen LogP contribution in [0.1, 0.15) is 17.3 Å². The van der Waals surface area contributed by atoms with Crippen molar-refractivity contribution in [3.05, 3.63) is 24.4 Å². The molecule has 1 aromatic heterocycles. The number of rotatable bonds is 9. The zero-order valence-corrected chi connectivity index (χ0v) is 12.9. The predicted octanol–water partition coefficient (Wildman–Crippen LogP) is 0.410. The highest BCUT2D eigenvalue weighted by atomic mass is 32.2. The molecule has 0 saturated carbocycles. The van der Waals surface area contributed by atoms with Gasteiger partial charge in [0.05, 0.1) is 19.4 Å². The molecule has 21 heavy (non-hydrogen) atoms. The van der Waals surface area contributed by atoms with E-state index < -0.39 is 16.0 Å². The predicted molar refractivity (Wildman–Crippen MR) is 75.4 cm³/mol. The third-order valence-corrected chi connectivity index (χ3v) is 4.41. The first kappa shape index (κ1) is 17.3. The number of methoxy groups -OCH3 is 1. The fourth-order valence-corrected chi connectivity index (χ4v) is 3.06. The van der Waals surface area contributed by atoms with E-state index in [-0.39, 0.29) is 36.9 Å². The molecule has 1 rings (SSSR count). The van der Waals surface area contributed by atoms with Crippen molar-refractivity contribution < 1.29 is 22.7 Å². The number of nitrogens with zero attached hydrogens (tertiary/aromatic N) is 2. The van der Waals surface area contributed by atoms with Gasteiger partial charge in [-0.05, 0) is 6.92 Å². The highest BCUT2D eigenvalue weighted by molar-refractivity contribution is 7.89. The minimum Gasteiger partial charge on any atom is -0.462 e. The van der Waals surface area contributed by atoms with Gasteiger partial charge in [-0.2, -0.15) is 9.40 Å². The Kier molecular flexibility index (Phi) is 6.53. The monoisotopic (exact) mass is 317 g/mol. The number of nitrogens with one attached hydrogen (secondary N) is 1. The van der Waals surface area contributed by atoms with Crippen LogP contribution >= 0.6 is 0 Å². The Morgan fingerprint density at radius 2 is 2.29 bits per heavy atom. The van der Waals surface area contributed by atoms with Crippen molar-refractivity contribution in [1.82, 2.24) is 14.5 Å². The van der Waals surface area contributed by atoms with Gasteiger partial charge in [0.15, 0.2) is 5.03 Å². The van der Waals surface area contributed by atoms with Crippen LogP contribution < -0.4 is 0 Å². The quantitative estimate of drug-likeness (QED) is 0.523. The molecule has 0 aliphatic heterocycles. The van der Waals surface area contributed by atoms with E-state index in [4.69, 9.17) is 9.47 Å². The molecule has 1 aromatic rings. The summed E-state index contributed by atoms with van der Waals surface area (Å²) in [5, 5.41) is 5.68.